The second-order valence-corrected chi connectivity index (χ2v) is 9.49. The van der Waals surface area contributed by atoms with Gasteiger partial charge in [-0.25, -0.2) is 0 Å². The van der Waals surface area contributed by atoms with Crippen molar-refractivity contribution in [3.8, 4) is 0 Å². The number of unbranched alkanes of at least 4 members (excludes halogenated alkanes) is 3. The molecule has 0 aliphatic heterocycles. The highest BCUT2D eigenvalue weighted by Gasteiger charge is 2.47. The van der Waals surface area contributed by atoms with Gasteiger partial charge in [0.05, 0.1) is 0 Å². The van der Waals surface area contributed by atoms with Crippen LogP contribution in [0.25, 0.3) is 0 Å². The number of rotatable bonds is 18. The largest absolute Gasteiger partial charge is 0.700 e. The summed E-state index contributed by atoms with van der Waals surface area (Å²) in [5.74, 6) is -2.27. The zero-order valence-electron chi connectivity index (χ0n) is 20.9. The van der Waals surface area contributed by atoms with E-state index in [0.29, 0.717) is 19.0 Å². The smallest absolute Gasteiger partial charge is 0.370 e. The first-order valence-corrected chi connectivity index (χ1v) is 13.9. The van der Waals surface area contributed by atoms with Gasteiger partial charge in [0, 0.05) is 39.8 Å². The van der Waals surface area contributed by atoms with Crippen LogP contribution in [0.15, 0.2) is 22.3 Å². The van der Waals surface area contributed by atoms with Gasteiger partial charge >= 0.3 is 22.5 Å². The maximum atomic E-state index is 10.8. The Labute approximate surface area is 209 Å². The zero-order chi connectivity index (χ0) is 26.9. The Hall–Kier alpha value is -1.56. The molecule has 0 spiro atoms. The van der Waals surface area contributed by atoms with Gasteiger partial charge in [-0.05, 0) is 47.7 Å². The Morgan fingerprint density at radius 2 is 1.51 bits per heavy atom. The molecule has 0 aliphatic carbocycles. The SMILES string of the molecule is C=C(NC(=NCCCCCCN)NC(N)=NCCCC(O)(O[P+](=O)O)O[P+](=O)O)C(C)(CC)CC. The maximum absolute atomic E-state index is 10.8. The lowest BCUT2D eigenvalue weighted by Gasteiger charge is -2.30. The fourth-order valence-electron chi connectivity index (χ4n) is 2.90. The number of hydrogen-bond acceptors (Lipinski definition) is 8. The van der Waals surface area contributed by atoms with E-state index < -0.39 is 28.9 Å². The fraction of sp³-hybridized carbons (Fsp3) is 0.800. The van der Waals surface area contributed by atoms with E-state index in [9.17, 15) is 14.2 Å². The molecule has 0 heterocycles. The lowest BCUT2D eigenvalue weighted by atomic mass is 9.82. The van der Waals surface area contributed by atoms with Crippen molar-refractivity contribution < 1.29 is 33.1 Å². The number of guanidine groups is 2. The first-order chi connectivity index (χ1) is 16.4. The second kappa shape index (κ2) is 17.8. The molecule has 35 heavy (non-hydrogen) atoms. The predicted octanol–water partition coefficient (Wildman–Crippen LogP) is 2.45. The summed E-state index contributed by atoms with van der Waals surface area (Å²) >= 11 is 0. The van der Waals surface area contributed by atoms with E-state index in [1.165, 1.54) is 0 Å². The lowest BCUT2D eigenvalue weighted by molar-refractivity contribution is -0.277. The summed E-state index contributed by atoms with van der Waals surface area (Å²) in [4.78, 5) is 26.3. The topological polar surface area (TPSA) is 214 Å². The van der Waals surface area contributed by atoms with Gasteiger partial charge in [0.15, 0.2) is 5.96 Å². The summed E-state index contributed by atoms with van der Waals surface area (Å²) in [6.45, 7) is 11.7. The van der Waals surface area contributed by atoms with Gasteiger partial charge < -0.3 is 21.9 Å². The number of allylic oxidation sites excluding steroid dienone is 1. The van der Waals surface area contributed by atoms with E-state index in [0.717, 1.165) is 44.2 Å². The predicted molar refractivity (Wildman–Crippen MR) is 136 cm³/mol. The molecule has 13 nitrogen and oxygen atoms in total. The number of hydrogen-bond donors (Lipinski definition) is 7. The van der Waals surface area contributed by atoms with Gasteiger partial charge in [-0.1, -0.05) is 40.2 Å². The third-order valence-electron chi connectivity index (χ3n) is 5.56. The number of nitrogens with zero attached hydrogens (tertiary/aromatic N) is 2. The van der Waals surface area contributed by atoms with Gasteiger partial charge in [-0.2, -0.15) is 0 Å². The minimum absolute atomic E-state index is 0.0359. The number of nitrogens with two attached hydrogens (primary N) is 2. The van der Waals surface area contributed by atoms with Gasteiger partial charge in [-0.15, -0.1) is 9.79 Å². The van der Waals surface area contributed by atoms with Crippen molar-refractivity contribution in [3.05, 3.63) is 12.3 Å². The lowest BCUT2D eigenvalue weighted by Crippen LogP contribution is -2.46. The van der Waals surface area contributed by atoms with Crippen LogP contribution < -0.4 is 22.1 Å². The summed E-state index contributed by atoms with van der Waals surface area (Å²) in [5.41, 5.74) is 12.2. The highest BCUT2D eigenvalue weighted by molar-refractivity contribution is 7.33. The summed E-state index contributed by atoms with van der Waals surface area (Å²) in [6.07, 6.45) is 5.33. The molecule has 0 rings (SSSR count). The molecule has 202 valence electrons. The summed E-state index contributed by atoms with van der Waals surface area (Å²) in [5, 5.41) is 16.1. The van der Waals surface area contributed by atoms with E-state index in [1.54, 1.807) is 0 Å². The zero-order valence-corrected chi connectivity index (χ0v) is 22.7. The van der Waals surface area contributed by atoms with Crippen LogP contribution in [-0.4, -0.2) is 52.4 Å². The van der Waals surface area contributed by atoms with Crippen LogP contribution in [-0.2, 0) is 18.2 Å². The molecular weight excluding hydrogens is 498 g/mol. The molecule has 9 N–H and O–H groups in total. The quantitative estimate of drug-likeness (QED) is 0.0441. The highest BCUT2D eigenvalue weighted by Crippen LogP contribution is 2.35. The van der Waals surface area contributed by atoms with Crippen LogP contribution in [0.2, 0.25) is 0 Å². The van der Waals surface area contributed by atoms with Crippen LogP contribution in [0.5, 0.6) is 0 Å². The molecule has 0 saturated carbocycles. The first-order valence-electron chi connectivity index (χ1n) is 11.6. The van der Waals surface area contributed by atoms with E-state index in [1.807, 2.05) is 0 Å². The Kier molecular flexibility index (Phi) is 17.0. The van der Waals surface area contributed by atoms with Crippen LogP contribution in [0.4, 0.5) is 0 Å². The Morgan fingerprint density at radius 1 is 0.971 bits per heavy atom. The van der Waals surface area contributed by atoms with Gasteiger partial charge in [0.25, 0.3) is 0 Å². The van der Waals surface area contributed by atoms with Crippen molar-refractivity contribution in [1.29, 1.82) is 0 Å². The van der Waals surface area contributed by atoms with Crippen LogP contribution in [0.3, 0.4) is 0 Å². The van der Waals surface area contributed by atoms with Crippen molar-refractivity contribution in [3.63, 3.8) is 0 Å². The molecule has 15 heteroatoms. The molecule has 2 unspecified atom stereocenters. The normalized spacial score (nSPS) is 15.4. The van der Waals surface area contributed by atoms with Gasteiger partial charge in [0.2, 0.25) is 5.96 Å². The summed E-state index contributed by atoms with van der Waals surface area (Å²) in [7, 11) is -6.55. The molecule has 0 amide bonds. The molecule has 0 aliphatic rings. The van der Waals surface area contributed by atoms with E-state index in [4.69, 9.17) is 21.3 Å². The maximum Gasteiger partial charge on any atom is 0.700 e. The van der Waals surface area contributed by atoms with Crippen molar-refractivity contribution in [1.82, 2.24) is 10.6 Å². The number of aliphatic hydroxyl groups is 1. The number of aliphatic imine (C=N–C) groups is 2. The summed E-state index contributed by atoms with van der Waals surface area (Å²) < 4.78 is 30.3. The van der Waals surface area contributed by atoms with Crippen LogP contribution >= 0.6 is 16.5 Å². The van der Waals surface area contributed by atoms with Gasteiger partial charge in [0.1, 0.15) is 0 Å². The first kappa shape index (κ1) is 33.4. The average Bonchev–Trinajstić information content (AvgIpc) is 2.77. The molecule has 0 bridgehead atoms. The van der Waals surface area contributed by atoms with Crippen molar-refractivity contribution in [2.75, 3.05) is 19.6 Å². The second-order valence-electron chi connectivity index (χ2n) is 8.17. The molecule has 0 fully saturated rings. The molecule has 0 aromatic rings. The molecule has 0 saturated heterocycles. The highest BCUT2D eigenvalue weighted by atomic mass is 31.1. The van der Waals surface area contributed by atoms with E-state index >= 15 is 0 Å². The molecule has 0 aromatic carbocycles. The standard InChI is InChI=1S/C20H40N6O7P2/c1-5-19(4,6-2)16(3)25-18(24-14-10-8-7-9-13-21)26-17(22)23-15-11-12-20(27,32-34(28)29)33-35(30)31/h27H,3,5-15,21H2,1-2,4H3,(H4-2,22,23,24,25,26,28,29,30,31)/p+2. The van der Waals surface area contributed by atoms with Crippen molar-refractivity contribution in [2.45, 2.75) is 78.1 Å². The van der Waals surface area contributed by atoms with Gasteiger partial charge in [-0.3, -0.25) is 15.3 Å². The Bertz CT molecular complexity index is 731. The summed E-state index contributed by atoms with van der Waals surface area (Å²) in [6, 6.07) is 0. The van der Waals surface area contributed by atoms with Crippen LogP contribution in [0, 0.1) is 5.41 Å². The minimum Gasteiger partial charge on any atom is -0.370 e. The Balaban J connectivity index is 5.13. The number of nitrogens with one attached hydrogen (secondary N) is 2. The average molecular weight is 541 g/mol. The molecular formula is C20H42N6O7P2+2. The molecule has 2 atom stereocenters. The fourth-order valence-corrected chi connectivity index (χ4v) is 3.70. The molecule has 0 radical (unpaired) electrons. The van der Waals surface area contributed by atoms with Crippen LogP contribution in [0.1, 0.15) is 72.1 Å². The van der Waals surface area contributed by atoms with Crippen molar-refractivity contribution in [2.24, 2.45) is 26.9 Å². The third-order valence-corrected chi connectivity index (χ3v) is 6.44. The third kappa shape index (κ3) is 15.2. The monoisotopic (exact) mass is 540 g/mol. The van der Waals surface area contributed by atoms with Crippen molar-refractivity contribution >= 4 is 28.4 Å². The minimum atomic E-state index is -3.27. The van der Waals surface area contributed by atoms with E-state index in [-0.39, 0.29) is 24.3 Å². The Morgan fingerprint density at radius 3 is 2.03 bits per heavy atom. The van der Waals surface area contributed by atoms with E-state index in [2.05, 4.69) is 57.0 Å². The molecule has 0 aromatic heterocycles.